The molecule has 3 aliphatic rings. The number of piperidine rings is 1. The van der Waals surface area contributed by atoms with Crippen molar-refractivity contribution in [1.29, 1.82) is 0 Å². The van der Waals surface area contributed by atoms with Gasteiger partial charge in [-0.3, -0.25) is 4.79 Å². The normalized spacial score (nSPS) is 25.2. The smallest absolute Gasteiger partial charge is 0.404 e. The van der Waals surface area contributed by atoms with Crippen molar-refractivity contribution in [2.24, 2.45) is 0 Å². The Morgan fingerprint density at radius 2 is 2.00 bits per heavy atom. The van der Waals surface area contributed by atoms with Gasteiger partial charge < -0.3 is 24.6 Å². The predicted octanol–water partition coefficient (Wildman–Crippen LogP) is 2.35. The van der Waals surface area contributed by atoms with Gasteiger partial charge in [-0.2, -0.15) is 0 Å². The van der Waals surface area contributed by atoms with Crippen LogP contribution in [0.1, 0.15) is 17.9 Å². The largest absolute Gasteiger partial charge is 0.573 e. The van der Waals surface area contributed by atoms with Crippen molar-refractivity contribution in [3.63, 3.8) is 0 Å². The van der Waals surface area contributed by atoms with Crippen LogP contribution in [0.2, 0.25) is 5.02 Å². The number of urea groups is 1. The molecule has 0 spiro atoms. The minimum Gasteiger partial charge on any atom is -0.404 e. The van der Waals surface area contributed by atoms with Crippen LogP contribution >= 0.6 is 11.6 Å². The third-order valence-electron chi connectivity index (χ3n) is 5.40. The van der Waals surface area contributed by atoms with E-state index in [1.165, 1.54) is 18.2 Å². The first-order chi connectivity index (χ1) is 13.7. The standard InChI is InChI=1S/C18H19ClF3N3O4/c19-12-5-10(1-2-14(12)29-18(20,21)22)11-6-25(7-11)17(27)24-4-3-15-13(8-24)23-16(26)9-28-15/h1-2,5,11,13,15H,3-4,6-9H2,(H,23,26)/t13-,15-/m0/s1. The fourth-order valence-electron chi connectivity index (χ4n) is 3.90. The van der Waals surface area contributed by atoms with Crippen LogP contribution < -0.4 is 10.1 Å². The maximum Gasteiger partial charge on any atom is 0.573 e. The molecular formula is C18H19ClF3N3O4. The Balaban J connectivity index is 1.32. The Morgan fingerprint density at radius 3 is 2.69 bits per heavy atom. The number of ether oxygens (including phenoxy) is 2. The van der Waals surface area contributed by atoms with E-state index in [1.54, 1.807) is 9.80 Å². The molecule has 3 heterocycles. The fourth-order valence-corrected chi connectivity index (χ4v) is 4.13. The number of halogens is 4. The van der Waals surface area contributed by atoms with Gasteiger partial charge >= 0.3 is 12.4 Å². The number of hydrogen-bond donors (Lipinski definition) is 1. The zero-order valence-corrected chi connectivity index (χ0v) is 16.0. The number of likely N-dealkylation sites (tertiary alicyclic amines) is 2. The van der Waals surface area contributed by atoms with Crippen LogP contribution in [-0.4, -0.2) is 73.0 Å². The molecule has 3 aliphatic heterocycles. The van der Waals surface area contributed by atoms with Gasteiger partial charge in [0.05, 0.1) is 17.2 Å². The number of hydrogen-bond acceptors (Lipinski definition) is 4. The van der Waals surface area contributed by atoms with E-state index in [9.17, 15) is 22.8 Å². The zero-order valence-electron chi connectivity index (χ0n) is 15.2. The maximum atomic E-state index is 12.7. The van der Waals surface area contributed by atoms with Gasteiger partial charge in [-0.25, -0.2) is 4.79 Å². The Kier molecular flexibility index (Phi) is 5.24. The number of morpholine rings is 1. The molecule has 2 atom stereocenters. The lowest BCUT2D eigenvalue weighted by Crippen LogP contribution is -2.63. The van der Waals surface area contributed by atoms with Crippen LogP contribution in [-0.2, 0) is 9.53 Å². The van der Waals surface area contributed by atoms with Crippen LogP contribution in [0.25, 0.3) is 0 Å². The minimum atomic E-state index is -4.80. The molecule has 0 unspecified atom stereocenters. The minimum absolute atomic E-state index is 0.00774. The molecule has 7 nitrogen and oxygen atoms in total. The quantitative estimate of drug-likeness (QED) is 0.777. The van der Waals surface area contributed by atoms with Gasteiger partial charge in [0, 0.05) is 32.1 Å². The highest BCUT2D eigenvalue weighted by atomic mass is 35.5. The molecule has 0 bridgehead atoms. The van der Waals surface area contributed by atoms with E-state index in [4.69, 9.17) is 16.3 Å². The summed E-state index contributed by atoms with van der Waals surface area (Å²) >= 11 is 5.90. The number of benzene rings is 1. The van der Waals surface area contributed by atoms with Gasteiger partial charge in [-0.05, 0) is 24.1 Å². The summed E-state index contributed by atoms with van der Waals surface area (Å²) in [7, 11) is 0. The Labute approximate surface area is 169 Å². The Hall–Kier alpha value is -2.20. The molecule has 29 heavy (non-hydrogen) atoms. The topological polar surface area (TPSA) is 71.1 Å². The van der Waals surface area contributed by atoms with E-state index in [0.717, 1.165) is 5.56 Å². The maximum absolute atomic E-state index is 12.7. The van der Waals surface area contributed by atoms with Gasteiger partial charge in [0.1, 0.15) is 12.4 Å². The second-order valence-electron chi connectivity index (χ2n) is 7.38. The zero-order chi connectivity index (χ0) is 20.8. The van der Waals surface area contributed by atoms with E-state index in [2.05, 4.69) is 10.1 Å². The summed E-state index contributed by atoms with van der Waals surface area (Å²) in [4.78, 5) is 27.6. The average molecular weight is 434 g/mol. The molecule has 1 N–H and O–H groups in total. The molecule has 3 saturated heterocycles. The highest BCUT2D eigenvalue weighted by Gasteiger charge is 2.40. The number of fused-ring (bicyclic) bond motifs is 1. The molecule has 0 radical (unpaired) electrons. The second kappa shape index (κ2) is 7.56. The van der Waals surface area contributed by atoms with Crippen molar-refractivity contribution in [3.8, 4) is 5.75 Å². The molecule has 0 aromatic heterocycles. The number of nitrogens with one attached hydrogen (secondary N) is 1. The van der Waals surface area contributed by atoms with E-state index in [-0.39, 0.29) is 41.6 Å². The average Bonchev–Trinajstić information content (AvgIpc) is 2.61. The third kappa shape index (κ3) is 4.37. The van der Waals surface area contributed by atoms with Crippen molar-refractivity contribution in [2.75, 3.05) is 32.8 Å². The second-order valence-corrected chi connectivity index (χ2v) is 7.79. The summed E-state index contributed by atoms with van der Waals surface area (Å²) in [6.07, 6.45) is -4.22. The molecule has 1 aromatic carbocycles. The van der Waals surface area contributed by atoms with E-state index >= 15 is 0 Å². The van der Waals surface area contributed by atoms with Crippen molar-refractivity contribution >= 4 is 23.5 Å². The van der Waals surface area contributed by atoms with E-state index in [1.807, 2.05) is 0 Å². The fraction of sp³-hybridized carbons (Fsp3) is 0.556. The van der Waals surface area contributed by atoms with Crippen molar-refractivity contribution < 1.29 is 32.2 Å². The van der Waals surface area contributed by atoms with Crippen molar-refractivity contribution in [2.45, 2.75) is 30.8 Å². The van der Waals surface area contributed by atoms with Gasteiger partial charge in [-0.15, -0.1) is 13.2 Å². The highest BCUT2D eigenvalue weighted by molar-refractivity contribution is 6.32. The van der Waals surface area contributed by atoms with Crippen molar-refractivity contribution in [3.05, 3.63) is 28.8 Å². The van der Waals surface area contributed by atoms with E-state index < -0.39 is 12.1 Å². The summed E-state index contributed by atoms with van der Waals surface area (Å²) in [6.45, 7) is 1.89. The molecule has 1 aromatic rings. The first kappa shape index (κ1) is 20.1. The number of amides is 3. The first-order valence-electron chi connectivity index (χ1n) is 9.19. The highest BCUT2D eigenvalue weighted by Crippen LogP contribution is 2.35. The summed E-state index contributed by atoms with van der Waals surface area (Å²) < 4.78 is 46.4. The van der Waals surface area contributed by atoms with Crippen LogP contribution in [0.4, 0.5) is 18.0 Å². The van der Waals surface area contributed by atoms with Crippen molar-refractivity contribution in [1.82, 2.24) is 15.1 Å². The molecule has 3 amide bonds. The Bertz CT molecular complexity index is 816. The molecule has 4 rings (SSSR count). The van der Waals surface area contributed by atoms with Gasteiger partial charge in [0.25, 0.3) is 0 Å². The van der Waals surface area contributed by atoms with Crippen LogP contribution in [0.3, 0.4) is 0 Å². The van der Waals surface area contributed by atoms with Gasteiger partial charge in [0.15, 0.2) is 0 Å². The summed E-state index contributed by atoms with van der Waals surface area (Å²) in [5.74, 6) is -0.638. The molecule has 11 heteroatoms. The molecule has 158 valence electrons. The summed E-state index contributed by atoms with van der Waals surface area (Å²) in [6, 6.07) is 3.83. The van der Waals surface area contributed by atoms with Crippen LogP contribution in [0.15, 0.2) is 18.2 Å². The van der Waals surface area contributed by atoms with E-state index in [0.29, 0.717) is 32.6 Å². The lowest BCUT2D eigenvalue weighted by Gasteiger charge is -2.46. The lowest BCUT2D eigenvalue weighted by atomic mass is 9.91. The monoisotopic (exact) mass is 433 g/mol. The van der Waals surface area contributed by atoms with Gasteiger partial charge in [0.2, 0.25) is 5.91 Å². The Morgan fingerprint density at radius 1 is 1.24 bits per heavy atom. The number of alkyl halides is 3. The number of nitrogens with zero attached hydrogens (tertiary/aromatic N) is 2. The summed E-state index contributed by atoms with van der Waals surface area (Å²) in [5, 5.41) is 2.73. The molecular weight excluding hydrogens is 415 g/mol. The van der Waals surface area contributed by atoms with Crippen LogP contribution in [0, 0.1) is 0 Å². The van der Waals surface area contributed by atoms with Crippen LogP contribution in [0.5, 0.6) is 5.75 Å². The first-order valence-corrected chi connectivity index (χ1v) is 9.57. The number of carbonyl (C=O) groups excluding carboxylic acids is 2. The SMILES string of the molecule is O=C1CO[C@H]2CCN(C(=O)N3CC(c4ccc(OC(F)(F)F)c(Cl)c4)C3)C[C@@H]2N1. The summed E-state index contributed by atoms with van der Waals surface area (Å²) in [5.41, 5.74) is 0.750. The van der Waals surface area contributed by atoms with Gasteiger partial charge in [-0.1, -0.05) is 17.7 Å². The number of rotatable bonds is 2. The molecule has 0 aliphatic carbocycles. The third-order valence-corrected chi connectivity index (χ3v) is 5.70. The lowest BCUT2D eigenvalue weighted by molar-refractivity contribution is -0.274. The molecule has 3 fully saturated rings. The predicted molar refractivity (Wildman–Crippen MR) is 95.7 cm³/mol. The molecule has 0 saturated carbocycles. The number of carbonyl (C=O) groups is 2.